The van der Waals surface area contributed by atoms with Gasteiger partial charge in [-0.05, 0) is 36.6 Å². The van der Waals surface area contributed by atoms with Gasteiger partial charge in [0.15, 0.2) is 11.5 Å². The molecule has 2 N–H and O–H groups in total. The molecule has 1 aromatic carbocycles. The zero-order valence-corrected chi connectivity index (χ0v) is 15.2. The van der Waals surface area contributed by atoms with Crippen molar-refractivity contribution in [2.45, 2.75) is 26.2 Å². The molecule has 0 unspecified atom stereocenters. The van der Waals surface area contributed by atoms with Gasteiger partial charge in [0.25, 0.3) is 0 Å². The van der Waals surface area contributed by atoms with E-state index in [0.717, 1.165) is 16.9 Å². The van der Waals surface area contributed by atoms with Crippen molar-refractivity contribution in [1.82, 2.24) is 0 Å². The van der Waals surface area contributed by atoms with Crippen molar-refractivity contribution in [3.63, 3.8) is 0 Å². The van der Waals surface area contributed by atoms with Gasteiger partial charge in [-0.25, -0.2) is 4.79 Å². The second-order valence-corrected chi connectivity index (χ2v) is 6.49. The largest absolute Gasteiger partial charge is 0.493 e. The topological polar surface area (TPSA) is 84.9 Å². The Balaban J connectivity index is 2.02. The number of aryl methyl sites for hydroxylation is 2. The predicted octanol–water partition coefficient (Wildman–Crippen LogP) is 3.60. The Labute approximate surface area is 150 Å². The third-order valence-electron chi connectivity index (χ3n) is 3.70. The molecule has 1 heterocycles. The number of thiophene rings is 1. The SMILES string of the molecule is CCc1cc(C(=O)O)c(NC(=O)CCc2ccc(OC)c(OC)c2)s1. The third-order valence-corrected chi connectivity index (χ3v) is 4.90. The molecule has 0 saturated heterocycles. The van der Waals surface area contributed by atoms with Crippen molar-refractivity contribution in [2.24, 2.45) is 0 Å². The zero-order valence-electron chi connectivity index (χ0n) is 14.4. The number of aromatic carboxylic acids is 1. The Bertz CT molecular complexity index is 769. The van der Waals surface area contributed by atoms with Gasteiger partial charge >= 0.3 is 5.97 Å². The van der Waals surface area contributed by atoms with E-state index in [2.05, 4.69) is 5.32 Å². The molecule has 0 bridgehead atoms. The summed E-state index contributed by atoms with van der Waals surface area (Å²) in [6.07, 6.45) is 1.49. The van der Waals surface area contributed by atoms with Crippen LogP contribution in [0.3, 0.4) is 0 Å². The molecule has 25 heavy (non-hydrogen) atoms. The number of ether oxygens (including phenoxy) is 2. The van der Waals surface area contributed by atoms with Crippen LogP contribution in [-0.4, -0.2) is 31.2 Å². The highest BCUT2D eigenvalue weighted by Gasteiger charge is 2.17. The number of anilines is 1. The summed E-state index contributed by atoms with van der Waals surface area (Å²) in [4.78, 5) is 24.4. The summed E-state index contributed by atoms with van der Waals surface area (Å²) in [6, 6.07) is 7.10. The molecule has 7 heteroatoms. The highest BCUT2D eigenvalue weighted by atomic mass is 32.1. The fourth-order valence-corrected chi connectivity index (χ4v) is 3.36. The average Bonchev–Trinajstić information content (AvgIpc) is 3.02. The van der Waals surface area contributed by atoms with E-state index in [1.54, 1.807) is 26.4 Å². The number of carbonyl (C=O) groups excluding carboxylic acids is 1. The van der Waals surface area contributed by atoms with Gasteiger partial charge in [0.2, 0.25) is 5.91 Å². The molecule has 0 radical (unpaired) electrons. The number of carbonyl (C=O) groups is 2. The molecule has 1 aromatic heterocycles. The van der Waals surface area contributed by atoms with Crippen LogP contribution in [0.1, 0.15) is 34.1 Å². The molecule has 0 fully saturated rings. The predicted molar refractivity (Wildman–Crippen MR) is 97.2 cm³/mol. The van der Waals surface area contributed by atoms with Crippen molar-refractivity contribution in [1.29, 1.82) is 0 Å². The van der Waals surface area contributed by atoms with Crippen molar-refractivity contribution < 1.29 is 24.2 Å². The number of amides is 1. The van der Waals surface area contributed by atoms with Gasteiger partial charge in [-0.1, -0.05) is 13.0 Å². The number of rotatable bonds is 8. The van der Waals surface area contributed by atoms with Crippen molar-refractivity contribution in [3.8, 4) is 11.5 Å². The number of hydrogen-bond acceptors (Lipinski definition) is 5. The van der Waals surface area contributed by atoms with Gasteiger partial charge < -0.3 is 19.9 Å². The Kier molecular flexibility index (Phi) is 6.41. The van der Waals surface area contributed by atoms with Crippen LogP contribution in [0.15, 0.2) is 24.3 Å². The molecule has 0 aliphatic rings. The molecule has 0 spiro atoms. The first kappa shape index (κ1) is 18.8. The van der Waals surface area contributed by atoms with E-state index in [1.165, 1.54) is 11.3 Å². The van der Waals surface area contributed by atoms with Gasteiger partial charge in [-0.3, -0.25) is 4.79 Å². The number of carboxylic acids is 1. The van der Waals surface area contributed by atoms with Crippen LogP contribution >= 0.6 is 11.3 Å². The Morgan fingerprint density at radius 2 is 1.88 bits per heavy atom. The van der Waals surface area contributed by atoms with Crippen LogP contribution in [-0.2, 0) is 17.6 Å². The fourth-order valence-electron chi connectivity index (χ4n) is 2.35. The monoisotopic (exact) mass is 363 g/mol. The first-order valence-electron chi connectivity index (χ1n) is 7.85. The average molecular weight is 363 g/mol. The van der Waals surface area contributed by atoms with Gasteiger partial charge in [0.1, 0.15) is 5.00 Å². The van der Waals surface area contributed by atoms with Crippen LogP contribution in [0.5, 0.6) is 11.5 Å². The lowest BCUT2D eigenvalue weighted by molar-refractivity contribution is -0.116. The smallest absolute Gasteiger partial charge is 0.338 e. The molecular formula is C18H21NO5S. The van der Waals surface area contributed by atoms with E-state index in [9.17, 15) is 14.7 Å². The number of methoxy groups -OCH3 is 2. The normalized spacial score (nSPS) is 10.4. The third kappa shape index (κ3) is 4.73. The highest BCUT2D eigenvalue weighted by molar-refractivity contribution is 7.16. The molecular weight excluding hydrogens is 342 g/mol. The summed E-state index contributed by atoms with van der Waals surface area (Å²) in [6.45, 7) is 1.94. The van der Waals surface area contributed by atoms with E-state index in [0.29, 0.717) is 22.9 Å². The lowest BCUT2D eigenvalue weighted by Gasteiger charge is -2.09. The van der Waals surface area contributed by atoms with E-state index in [1.807, 2.05) is 19.1 Å². The van der Waals surface area contributed by atoms with E-state index >= 15 is 0 Å². The highest BCUT2D eigenvalue weighted by Crippen LogP contribution is 2.30. The second kappa shape index (κ2) is 8.53. The maximum atomic E-state index is 12.2. The number of carboxylic acid groups (broad SMARTS) is 1. The molecule has 2 rings (SSSR count). The quantitative estimate of drug-likeness (QED) is 0.748. The van der Waals surface area contributed by atoms with Gasteiger partial charge in [0, 0.05) is 11.3 Å². The maximum Gasteiger partial charge on any atom is 0.338 e. The van der Waals surface area contributed by atoms with Crippen molar-refractivity contribution in [2.75, 3.05) is 19.5 Å². The molecule has 0 aliphatic carbocycles. The number of hydrogen-bond donors (Lipinski definition) is 2. The van der Waals surface area contributed by atoms with Crippen LogP contribution in [0.2, 0.25) is 0 Å². The van der Waals surface area contributed by atoms with Gasteiger partial charge in [0.05, 0.1) is 19.8 Å². The Morgan fingerprint density at radius 3 is 2.48 bits per heavy atom. The van der Waals surface area contributed by atoms with Crippen molar-refractivity contribution in [3.05, 3.63) is 40.3 Å². The summed E-state index contributed by atoms with van der Waals surface area (Å²) >= 11 is 1.30. The van der Waals surface area contributed by atoms with Crippen LogP contribution < -0.4 is 14.8 Å². The minimum absolute atomic E-state index is 0.140. The summed E-state index contributed by atoms with van der Waals surface area (Å²) in [5.74, 6) is -0.0140. The standard InChI is InChI=1S/C18H21NO5S/c1-4-12-10-13(18(21)22)17(25-12)19-16(20)8-6-11-5-7-14(23-2)15(9-11)24-3/h5,7,9-10H,4,6,8H2,1-3H3,(H,19,20)(H,21,22). The summed E-state index contributed by atoms with van der Waals surface area (Å²) < 4.78 is 10.4. The Hall–Kier alpha value is -2.54. The van der Waals surface area contributed by atoms with Crippen LogP contribution in [0.4, 0.5) is 5.00 Å². The lowest BCUT2D eigenvalue weighted by atomic mass is 10.1. The molecule has 134 valence electrons. The molecule has 0 atom stereocenters. The van der Waals surface area contributed by atoms with E-state index < -0.39 is 5.97 Å². The Morgan fingerprint density at radius 1 is 1.16 bits per heavy atom. The molecule has 0 saturated carbocycles. The molecule has 2 aromatic rings. The first-order chi connectivity index (χ1) is 12.0. The molecule has 0 aliphatic heterocycles. The van der Waals surface area contributed by atoms with E-state index in [4.69, 9.17) is 9.47 Å². The van der Waals surface area contributed by atoms with Crippen molar-refractivity contribution >= 4 is 28.2 Å². The lowest BCUT2D eigenvalue weighted by Crippen LogP contribution is -2.13. The van der Waals surface area contributed by atoms with Crippen LogP contribution in [0, 0.1) is 0 Å². The summed E-state index contributed by atoms with van der Waals surface area (Å²) in [5, 5.41) is 12.3. The van der Waals surface area contributed by atoms with Crippen LogP contribution in [0.25, 0.3) is 0 Å². The second-order valence-electron chi connectivity index (χ2n) is 5.35. The van der Waals surface area contributed by atoms with Gasteiger partial charge in [-0.2, -0.15) is 0 Å². The number of benzene rings is 1. The number of nitrogens with one attached hydrogen (secondary N) is 1. The first-order valence-corrected chi connectivity index (χ1v) is 8.66. The van der Waals surface area contributed by atoms with Gasteiger partial charge in [-0.15, -0.1) is 11.3 Å². The minimum Gasteiger partial charge on any atom is -0.493 e. The summed E-state index contributed by atoms with van der Waals surface area (Å²) in [5.41, 5.74) is 1.08. The zero-order chi connectivity index (χ0) is 18.4. The summed E-state index contributed by atoms with van der Waals surface area (Å²) in [7, 11) is 3.13. The maximum absolute atomic E-state index is 12.2. The molecule has 1 amide bonds. The minimum atomic E-state index is -1.04. The van der Waals surface area contributed by atoms with E-state index in [-0.39, 0.29) is 17.9 Å². The molecule has 6 nitrogen and oxygen atoms in total. The fraction of sp³-hybridized carbons (Fsp3) is 0.333.